The van der Waals surface area contributed by atoms with Crippen LogP contribution < -0.4 is 0 Å². The Hall–Kier alpha value is 0.761. The molecule has 4 N–H and O–H groups in total. The summed E-state index contributed by atoms with van der Waals surface area (Å²) in [5.41, 5.74) is 0. The second-order valence-electron chi connectivity index (χ2n) is 4.00. The normalized spacial score (nSPS) is 8.92. The first-order chi connectivity index (χ1) is 9.20. The Bertz CT molecular complexity index is 331. The van der Waals surface area contributed by atoms with Crippen molar-refractivity contribution in [1.29, 1.82) is 0 Å². The first kappa shape index (κ1) is 35.8. The number of aliphatic carboxylic acids is 4. The zero-order valence-electron chi connectivity index (χ0n) is 11.8. The van der Waals surface area contributed by atoms with Crippen LogP contribution in [0.3, 0.4) is 0 Å². The maximum atomic E-state index is 10.6. The van der Waals surface area contributed by atoms with Crippen molar-refractivity contribution in [3.8, 4) is 0 Å². The van der Waals surface area contributed by atoms with Crippen LogP contribution in [0.5, 0.6) is 0 Å². The third-order valence-electron chi connectivity index (χ3n) is 2.17. The largest absolute Gasteiger partial charge is 0.480 e. The summed E-state index contributed by atoms with van der Waals surface area (Å²) >= 11 is 0. The smallest absolute Gasteiger partial charge is 0.317 e. The molecule has 0 rings (SSSR count). The third kappa shape index (κ3) is 22.8. The van der Waals surface area contributed by atoms with Crippen molar-refractivity contribution in [3.05, 3.63) is 0 Å². The summed E-state index contributed by atoms with van der Waals surface area (Å²) in [6.45, 7) is -2.25. The predicted octanol–water partition coefficient (Wildman–Crippen LogP) is -2.08. The molecule has 0 bridgehead atoms. The van der Waals surface area contributed by atoms with Crippen LogP contribution in [-0.4, -0.2) is 93.4 Å². The Morgan fingerprint density at radius 1 is 0.500 bits per heavy atom. The molecule has 4 radical (unpaired) electrons. The van der Waals surface area contributed by atoms with E-state index < -0.39 is 50.1 Å². The van der Waals surface area contributed by atoms with Crippen LogP contribution in [0.15, 0.2) is 0 Å². The van der Waals surface area contributed by atoms with Crippen LogP contribution in [0.25, 0.3) is 0 Å². The van der Waals surface area contributed by atoms with Gasteiger partial charge >= 0.3 is 23.9 Å². The first-order valence-corrected chi connectivity index (χ1v) is 5.52. The molecule has 0 fully saturated rings. The minimum Gasteiger partial charge on any atom is -0.480 e. The average molecular weight is 724 g/mol. The molecule has 0 aromatic carbocycles. The molecule has 10 nitrogen and oxygen atoms in total. The van der Waals surface area contributed by atoms with Gasteiger partial charge in [-0.1, -0.05) is 0 Å². The van der Waals surface area contributed by atoms with Gasteiger partial charge in [-0.25, -0.2) is 0 Å². The standard InChI is InChI=1S/C10H16N2O8.4Ag/c13-7(14)3-11(4-8(15)16)1-2-12(5-9(17)18)6-10(19)20;;;;/h1-6H2,(H,13,14)(H,15,16)(H,17,18)(H,19,20);;;;. The molecule has 0 spiro atoms. The quantitative estimate of drug-likeness (QED) is 0.175. The molecular weight excluding hydrogens is 708 g/mol. The Morgan fingerprint density at radius 3 is 0.792 bits per heavy atom. The van der Waals surface area contributed by atoms with Gasteiger partial charge in [-0.15, -0.1) is 0 Å². The summed E-state index contributed by atoms with van der Waals surface area (Å²) in [5, 5.41) is 34.5. The van der Waals surface area contributed by atoms with Gasteiger partial charge in [0.2, 0.25) is 0 Å². The molecule has 0 atom stereocenters. The molecule has 0 saturated heterocycles. The number of carboxylic acid groups (broad SMARTS) is 4. The maximum Gasteiger partial charge on any atom is 0.317 e. The molecule has 0 aromatic heterocycles. The van der Waals surface area contributed by atoms with Crippen molar-refractivity contribution in [2.75, 3.05) is 39.3 Å². The molecule has 0 aromatic rings. The van der Waals surface area contributed by atoms with E-state index in [1.807, 2.05) is 0 Å². The van der Waals surface area contributed by atoms with Gasteiger partial charge in [-0.05, 0) is 0 Å². The van der Waals surface area contributed by atoms with E-state index in [0.29, 0.717) is 0 Å². The van der Waals surface area contributed by atoms with Crippen molar-refractivity contribution in [2.45, 2.75) is 0 Å². The predicted molar refractivity (Wildman–Crippen MR) is 63.4 cm³/mol. The second kappa shape index (κ2) is 20.1. The van der Waals surface area contributed by atoms with Crippen LogP contribution in [0.2, 0.25) is 0 Å². The topological polar surface area (TPSA) is 156 Å². The molecule has 158 valence electrons. The number of carboxylic acids is 4. The van der Waals surface area contributed by atoms with Crippen LogP contribution in [-0.2, 0) is 109 Å². The SMILES string of the molecule is O=C(O)CN(CCN(CC(=O)O)CC(=O)O)CC(=O)O.[Ag].[Ag].[Ag].[Ag]. The summed E-state index contributed by atoms with van der Waals surface area (Å²) in [5.74, 6) is -4.91. The zero-order valence-corrected chi connectivity index (χ0v) is 17.7. The Balaban J connectivity index is -0.000000301. The van der Waals surface area contributed by atoms with Crippen molar-refractivity contribution < 1.29 is 129 Å². The number of carbonyl (C=O) groups is 4. The van der Waals surface area contributed by atoms with E-state index >= 15 is 0 Å². The fraction of sp³-hybridized carbons (Fsp3) is 0.600. The molecular formula is C10H16Ag4N2O8. The van der Waals surface area contributed by atoms with Crippen LogP contribution >= 0.6 is 0 Å². The van der Waals surface area contributed by atoms with Gasteiger partial charge in [0.25, 0.3) is 0 Å². The van der Waals surface area contributed by atoms with E-state index in [2.05, 4.69) is 0 Å². The first-order valence-electron chi connectivity index (χ1n) is 5.52. The van der Waals surface area contributed by atoms with Crippen molar-refractivity contribution >= 4 is 23.9 Å². The van der Waals surface area contributed by atoms with Crippen LogP contribution in [0, 0.1) is 0 Å². The maximum absolute atomic E-state index is 10.6. The number of hydrogen-bond acceptors (Lipinski definition) is 6. The zero-order chi connectivity index (χ0) is 15.7. The molecule has 0 amide bonds. The summed E-state index contributed by atoms with van der Waals surface area (Å²) < 4.78 is 0. The molecule has 0 heterocycles. The Morgan fingerprint density at radius 2 is 0.667 bits per heavy atom. The minimum atomic E-state index is -1.23. The van der Waals surface area contributed by atoms with E-state index in [1.165, 1.54) is 0 Å². The summed E-state index contributed by atoms with van der Waals surface area (Å²) in [4.78, 5) is 44.4. The number of hydrogen-bond donors (Lipinski definition) is 4. The van der Waals surface area contributed by atoms with Crippen molar-refractivity contribution in [2.24, 2.45) is 0 Å². The van der Waals surface area contributed by atoms with Gasteiger partial charge in [0.1, 0.15) is 0 Å². The second-order valence-corrected chi connectivity index (χ2v) is 4.00. The summed E-state index contributed by atoms with van der Waals surface area (Å²) in [6.07, 6.45) is 0. The van der Waals surface area contributed by atoms with Crippen LogP contribution in [0.4, 0.5) is 0 Å². The Labute approximate surface area is 200 Å². The van der Waals surface area contributed by atoms with E-state index in [4.69, 9.17) is 20.4 Å². The molecule has 0 aliphatic heterocycles. The van der Waals surface area contributed by atoms with Gasteiger partial charge in [0.15, 0.2) is 0 Å². The van der Waals surface area contributed by atoms with E-state index in [9.17, 15) is 19.2 Å². The molecule has 0 aliphatic carbocycles. The van der Waals surface area contributed by atoms with Crippen LogP contribution in [0.1, 0.15) is 0 Å². The fourth-order valence-corrected chi connectivity index (χ4v) is 1.48. The van der Waals surface area contributed by atoms with Gasteiger partial charge in [0.05, 0.1) is 26.2 Å². The molecule has 0 saturated carbocycles. The average Bonchev–Trinajstić information content (AvgIpc) is 2.22. The van der Waals surface area contributed by atoms with Crippen molar-refractivity contribution in [1.82, 2.24) is 9.80 Å². The summed E-state index contributed by atoms with van der Waals surface area (Å²) in [7, 11) is 0. The fourth-order valence-electron chi connectivity index (χ4n) is 1.48. The van der Waals surface area contributed by atoms with Crippen molar-refractivity contribution in [3.63, 3.8) is 0 Å². The molecule has 24 heavy (non-hydrogen) atoms. The summed E-state index contributed by atoms with van der Waals surface area (Å²) in [6, 6.07) is 0. The van der Waals surface area contributed by atoms with Gasteiger partial charge in [-0.3, -0.25) is 29.0 Å². The molecule has 14 heteroatoms. The van der Waals surface area contributed by atoms with E-state index in [1.54, 1.807) is 0 Å². The molecule has 0 unspecified atom stereocenters. The van der Waals surface area contributed by atoms with E-state index in [-0.39, 0.29) is 103 Å². The third-order valence-corrected chi connectivity index (χ3v) is 2.17. The monoisotopic (exact) mass is 720 g/mol. The Kier molecular flexibility index (Phi) is 29.9. The van der Waals surface area contributed by atoms with E-state index in [0.717, 1.165) is 9.80 Å². The van der Waals surface area contributed by atoms with Gasteiger partial charge < -0.3 is 20.4 Å². The number of nitrogens with zero attached hydrogens (tertiary/aromatic N) is 2. The van der Waals surface area contributed by atoms with Gasteiger partial charge in [-0.2, -0.15) is 0 Å². The molecule has 0 aliphatic rings. The number of rotatable bonds is 11. The minimum absolute atomic E-state index is 0. The van der Waals surface area contributed by atoms with Gasteiger partial charge in [0, 0.05) is 103 Å².